The molecule has 6 atom stereocenters. The summed E-state index contributed by atoms with van der Waals surface area (Å²) in [6.07, 6.45) is -4.35. The van der Waals surface area contributed by atoms with Crippen molar-refractivity contribution in [2.75, 3.05) is 13.7 Å². The Balaban J connectivity index is 2.00. The molecule has 1 saturated heterocycles. The van der Waals surface area contributed by atoms with E-state index in [9.17, 15) is 15.3 Å². The molecular formula is C15H20O6. The van der Waals surface area contributed by atoms with Gasteiger partial charge in [-0.15, -0.1) is 0 Å². The van der Waals surface area contributed by atoms with Crippen LogP contribution in [0.15, 0.2) is 18.2 Å². The molecule has 1 fully saturated rings. The Morgan fingerprint density at radius 3 is 2.67 bits per heavy atom. The number of aliphatic hydroxyl groups is 3. The Kier molecular flexibility index (Phi) is 3.90. The van der Waals surface area contributed by atoms with E-state index in [1.54, 1.807) is 7.11 Å². The van der Waals surface area contributed by atoms with Crippen LogP contribution in [0.4, 0.5) is 0 Å². The smallest absolute Gasteiger partial charge is 0.208 e. The first-order valence-corrected chi connectivity index (χ1v) is 6.99. The highest BCUT2D eigenvalue weighted by atomic mass is 16.7. The average molecular weight is 296 g/mol. The van der Waals surface area contributed by atoms with Crippen LogP contribution in [0.3, 0.4) is 0 Å². The Bertz CT molecular complexity index is 519. The number of ether oxygens (including phenoxy) is 3. The zero-order valence-corrected chi connectivity index (χ0v) is 12.0. The minimum absolute atomic E-state index is 0.386. The van der Waals surface area contributed by atoms with E-state index >= 15 is 0 Å². The highest BCUT2D eigenvalue weighted by Crippen LogP contribution is 2.45. The van der Waals surface area contributed by atoms with E-state index in [1.165, 1.54) is 0 Å². The largest absolute Gasteiger partial charge is 0.464 e. The van der Waals surface area contributed by atoms with E-state index in [-0.39, 0.29) is 6.61 Å². The lowest BCUT2D eigenvalue weighted by Gasteiger charge is -2.47. The molecule has 0 radical (unpaired) electrons. The number of hydrogen-bond donors (Lipinski definition) is 3. The Hall–Kier alpha value is -1.18. The van der Waals surface area contributed by atoms with Crippen molar-refractivity contribution in [3.63, 3.8) is 0 Å². The second kappa shape index (κ2) is 5.55. The molecular weight excluding hydrogens is 276 g/mol. The summed E-state index contributed by atoms with van der Waals surface area (Å²) in [5, 5.41) is 29.7. The van der Waals surface area contributed by atoms with Crippen molar-refractivity contribution in [3.05, 3.63) is 29.3 Å². The van der Waals surface area contributed by atoms with Gasteiger partial charge < -0.3 is 29.5 Å². The van der Waals surface area contributed by atoms with Gasteiger partial charge >= 0.3 is 0 Å². The second-order valence-corrected chi connectivity index (χ2v) is 5.60. The molecule has 1 aromatic rings. The topological polar surface area (TPSA) is 88.4 Å². The van der Waals surface area contributed by atoms with Crippen LogP contribution < -0.4 is 4.74 Å². The minimum atomic E-state index is -1.18. The normalized spacial score (nSPS) is 38.3. The molecule has 1 aromatic carbocycles. The van der Waals surface area contributed by atoms with Gasteiger partial charge in [0.2, 0.25) is 6.29 Å². The van der Waals surface area contributed by atoms with Gasteiger partial charge in [0.1, 0.15) is 18.0 Å². The molecule has 0 spiro atoms. The third kappa shape index (κ3) is 2.33. The first kappa shape index (κ1) is 14.7. The zero-order valence-electron chi connectivity index (χ0n) is 12.0. The maximum Gasteiger partial charge on any atom is 0.208 e. The number of aliphatic hydroxyl groups excluding tert-OH is 3. The predicted octanol–water partition coefficient (Wildman–Crippen LogP) is 0.130. The number of aryl methyl sites for hydroxylation is 1. The van der Waals surface area contributed by atoms with Crippen molar-refractivity contribution in [1.29, 1.82) is 0 Å². The summed E-state index contributed by atoms with van der Waals surface area (Å²) in [6, 6.07) is 5.70. The molecule has 2 aliphatic heterocycles. The average Bonchev–Trinajstić information content (AvgIpc) is 2.49. The Labute approximate surface area is 122 Å². The fourth-order valence-corrected chi connectivity index (χ4v) is 3.15. The van der Waals surface area contributed by atoms with Gasteiger partial charge in [0.05, 0.1) is 24.7 Å². The molecule has 0 bridgehead atoms. The van der Waals surface area contributed by atoms with Gasteiger partial charge in [-0.25, -0.2) is 0 Å². The zero-order chi connectivity index (χ0) is 15.1. The molecule has 6 heteroatoms. The van der Waals surface area contributed by atoms with Gasteiger partial charge in [-0.2, -0.15) is 0 Å². The molecule has 116 valence electrons. The van der Waals surface area contributed by atoms with Gasteiger partial charge in [0, 0.05) is 12.7 Å². The summed E-state index contributed by atoms with van der Waals surface area (Å²) in [6.45, 7) is 1.58. The van der Waals surface area contributed by atoms with Gasteiger partial charge in [-0.05, 0) is 19.1 Å². The van der Waals surface area contributed by atoms with Crippen LogP contribution in [-0.4, -0.2) is 53.6 Å². The number of benzene rings is 1. The van der Waals surface area contributed by atoms with Crippen molar-refractivity contribution < 1.29 is 29.5 Å². The highest BCUT2D eigenvalue weighted by molar-refractivity contribution is 5.41. The minimum Gasteiger partial charge on any atom is -0.464 e. The number of fused-ring (bicyclic) bond motifs is 2. The number of hydrogen-bond acceptors (Lipinski definition) is 6. The molecule has 21 heavy (non-hydrogen) atoms. The maximum atomic E-state index is 10.4. The van der Waals surface area contributed by atoms with Gasteiger partial charge in [0.15, 0.2) is 0 Å². The van der Waals surface area contributed by atoms with Crippen LogP contribution in [0.1, 0.15) is 17.2 Å². The van der Waals surface area contributed by atoms with E-state index in [0.717, 1.165) is 11.1 Å². The van der Waals surface area contributed by atoms with Crippen molar-refractivity contribution in [2.45, 2.75) is 37.6 Å². The molecule has 3 N–H and O–H groups in total. The third-order valence-corrected chi connectivity index (χ3v) is 4.25. The first-order valence-electron chi connectivity index (χ1n) is 6.99. The van der Waals surface area contributed by atoms with E-state index in [4.69, 9.17) is 14.2 Å². The summed E-state index contributed by atoms with van der Waals surface area (Å²) in [5.41, 5.74) is 1.88. The molecule has 0 aliphatic carbocycles. The van der Waals surface area contributed by atoms with E-state index < -0.39 is 36.6 Å². The lowest BCUT2D eigenvalue weighted by Crippen LogP contribution is -2.60. The summed E-state index contributed by atoms with van der Waals surface area (Å²) >= 11 is 0. The molecule has 0 saturated carbocycles. The first-order chi connectivity index (χ1) is 10.1. The maximum absolute atomic E-state index is 10.4. The fourth-order valence-electron chi connectivity index (χ4n) is 3.15. The monoisotopic (exact) mass is 296 g/mol. The number of rotatable bonds is 2. The predicted molar refractivity (Wildman–Crippen MR) is 72.8 cm³/mol. The standard InChI is InChI=1S/C15H20O6/c1-7-3-4-9-8(5-7)14(19-2)11-13(18)12(17)10(6-16)21-15(11)20-9/h3-5,10-18H,6H2,1-2H3/t10-,11?,12+,13-,14+,15?/m1/s1. The van der Waals surface area contributed by atoms with Gasteiger partial charge in [0.25, 0.3) is 0 Å². The molecule has 2 heterocycles. The van der Waals surface area contributed by atoms with Crippen LogP contribution in [0.2, 0.25) is 0 Å². The Morgan fingerprint density at radius 2 is 2.00 bits per heavy atom. The Morgan fingerprint density at radius 1 is 1.24 bits per heavy atom. The number of methoxy groups -OCH3 is 1. The van der Waals surface area contributed by atoms with Crippen molar-refractivity contribution in [2.24, 2.45) is 5.92 Å². The summed E-state index contributed by atoms with van der Waals surface area (Å²) in [7, 11) is 1.55. The van der Waals surface area contributed by atoms with Crippen LogP contribution in [0.25, 0.3) is 0 Å². The third-order valence-electron chi connectivity index (χ3n) is 4.25. The second-order valence-electron chi connectivity index (χ2n) is 5.60. The van der Waals surface area contributed by atoms with Crippen LogP contribution in [0, 0.1) is 12.8 Å². The summed E-state index contributed by atoms with van der Waals surface area (Å²) in [4.78, 5) is 0. The molecule has 3 rings (SSSR count). The lowest BCUT2D eigenvalue weighted by molar-refractivity contribution is -0.285. The fraction of sp³-hybridized carbons (Fsp3) is 0.600. The molecule has 2 aliphatic rings. The van der Waals surface area contributed by atoms with Gasteiger partial charge in [-0.1, -0.05) is 11.6 Å². The van der Waals surface area contributed by atoms with Crippen molar-refractivity contribution in [3.8, 4) is 5.75 Å². The van der Waals surface area contributed by atoms with Crippen LogP contribution in [0.5, 0.6) is 5.75 Å². The van der Waals surface area contributed by atoms with E-state index in [2.05, 4.69) is 0 Å². The van der Waals surface area contributed by atoms with Crippen molar-refractivity contribution >= 4 is 0 Å². The van der Waals surface area contributed by atoms with E-state index in [0.29, 0.717) is 5.75 Å². The summed E-state index contributed by atoms with van der Waals surface area (Å²) < 4.78 is 16.9. The van der Waals surface area contributed by atoms with Crippen LogP contribution >= 0.6 is 0 Å². The molecule has 2 unspecified atom stereocenters. The van der Waals surface area contributed by atoms with Crippen molar-refractivity contribution in [1.82, 2.24) is 0 Å². The lowest BCUT2D eigenvalue weighted by atomic mass is 9.81. The molecule has 6 nitrogen and oxygen atoms in total. The van der Waals surface area contributed by atoms with Crippen LogP contribution in [-0.2, 0) is 9.47 Å². The highest BCUT2D eigenvalue weighted by Gasteiger charge is 2.52. The molecule has 0 amide bonds. The van der Waals surface area contributed by atoms with E-state index in [1.807, 2.05) is 25.1 Å². The summed E-state index contributed by atoms with van der Waals surface area (Å²) in [5.74, 6) is 0.0797. The SMILES string of the molecule is CO[C@H]1c2cc(C)ccc2OC2O[C@H](CO)[C@H](O)[C@H](O)C21. The molecule has 0 aromatic heterocycles. The quantitative estimate of drug-likeness (QED) is 0.719. The van der Waals surface area contributed by atoms with Gasteiger partial charge in [-0.3, -0.25) is 0 Å².